The Morgan fingerprint density at radius 2 is 1.85 bits per heavy atom. The number of nitrogens with one attached hydrogen (secondary N) is 1. The molecule has 2 unspecified atom stereocenters. The first kappa shape index (κ1) is 16.9. The molecule has 0 aliphatic rings. The van der Waals surface area contributed by atoms with Crippen LogP contribution in [0.15, 0.2) is 24.3 Å². The van der Waals surface area contributed by atoms with Crippen molar-refractivity contribution in [2.45, 2.75) is 39.0 Å². The van der Waals surface area contributed by atoms with E-state index in [-0.39, 0.29) is 17.6 Å². The number of rotatable bonds is 7. The Hall–Kier alpha value is -1.20. The van der Waals surface area contributed by atoms with E-state index in [4.69, 9.17) is 5.73 Å². The zero-order valence-corrected chi connectivity index (χ0v) is 13.2. The summed E-state index contributed by atoms with van der Waals surface area (Å²) in [5.74, 6) is 0.670. The Balaban J connectivity index is 2.41. The molecule has 5 heteroatoms. The summed E-state index contributed by atoms with van der Waals surface area (Å²) < 4.78 is 11.9. The van der Waals surface area contributed by atoms with Gasteiger partial charge in [0.2, 0.25) is 5.91 Å². The van der Waals surface area contributed by atoms with Crippen molar-refractivity contribution in [2.24, 2.45) is 11.7 Å². The Morgan fingerprint density at radius 1 is 1.25 bits per heavy atom. The molecule has 0 aliphatic heterocycles. The van der Waals surface area contributed by atoms with Gasteiger partial charge in [-0.25, -0.2) is 0 Å². The van der Waals surface area contributed by atoms with Crippen LogP contribution in [0.5, 0.6) is 0 Å². The topological polar surface area (TPSA) is 72.2 Å². The van der Waals surface area contributed by atoms with Crippen molar-refractivity contribution in [1.82, 2.24) is 0 Å². The summed E-state index contributed by atoms with van der Waals surface area (Å²) in [5, 5.41) is 2.92. The van der Waals surface area contributed by atoms with E-state index >= 15 is 0 Å². The van der Waals surface area contributed by atoms with Gasteiger partial charge in [-0.2, -0.15) is 0 Å². The lowest BCUT2D eigenvalue weighted by atomic mass is 10.2. The molecule has 0 bridgehead atoms. The van der Waals surface area contributed by atoms with Gasteiger partial charge in [-0.05, 0) is 23.6 Å². The first-order chi connectivity index (χ1) is 9.43. The quantitative estimate of drug-likeness (QED) is 0.810. The third-order valence-corrected chi connectivity index (χ3v) is 5.34. The van der Waals surface area contributed by atoms with Gasteiger partial charge >= 0.3 is 0 Å². The molecule has 4 nitrogen and oxygen atoms in total. The molecule has 1 amide bonds. The molecule has 1 rings (SSSR count). The second-order valence-corrected chi connectivity index (χ2v) is 7.15. The molecule has 1 aromatic rings. The highest BCUT2D eigenvalue weighted by Crippen LogP contribution is 2.11. The fourth-order valence-electron chi connectivity index (χ4n) is 1.63. The first-order valence-corrected chi connectivity index (χ1v) is 8.28. The SMILES string of the molecule is CC(C)C(C)S(=O)CCC(=O)Nc1ccc(CN)cc1. The number of carbonyl (C=O) groups excluding carboxylic acids is 1. The van der Waals surface area contributed by atoms with Crippen LogP contribution in [-0.2, 0) is 22.1 Å². The molecule has 2 atom stereocenters. The molecule has 0 spiro atoms. The van der Waals surface area contributed by atoms with Crippen LogP contribution in [0.3, 0.4) is 0 Å². The van der Waals surface area contributed by atoms with Crippen molar-refractivity contribution in [3.63, 3.8) is 0 Å². The second kappa shape index (κ2) is 8.17. The third kappa shape index (κ3) is 5.43. The van der Waals surface area contributed by atoms with E-state index in [1.54, 1.807) is 0 Å². The van der Waals surface area contributed by atoms with Crippen LogP contribution in [0.2, 0.25) is 0 Å². The van der Waals surface area contributed by atoms with Crippen LogP contribution in [0.25, 0.3) is 0 Å². The minimum Gasteiger partial charge on any atom is -0.326 e. The van der Waals surface area contributed by atoms with Crippen molar-refractivity contribution >= 4 is 22.4 Å². The lowest BCUT2D eigenvalue weighted by Crippen LogP contribution is -2.23. The van der Waals surface area contributed by atoms with Gasteiger partial charge in [0.25, 0.3) is 0 Å². The smallest absolute Gasteiger partial charge is 0.225 e. The molecule has 0 saturated carbocycles. The monoisotopic (exact) mass is 296 g/mol. The van der Waals surface area contributed by atoms with Crippen LogP contribution in [0.1, 0.15) is 32.8 Å². The molecule has 112 valence electrons. The van der Waals surface area contributed by atoms with Gasteiger partial charge in [0.1, 0.15) is 0 Å². The summed E-state index contributed by atoms with van der Waals surface area (Å²) in [6.45, 7) is 6.54. The van der Waals surface area contributed by atoms with E-state index in [1.165, 1.54) is 0 Å². The molecule has 0 aromatic heterocycles. The largest absolute Gasteiger partial charge is 0.326 e. The average Bonchev–Trinajstić information content (AvgIpc) is 2.44. The zero-order chi connectivity index (χ0) is 15.1. The van der Waals surface area contributed by atoms with Gasteiger partial charge in [0.05, 0.1) is 0 Å². The number of amides is 1. The number of hydrogen-bond acceptors (Lipinski definition) is 3. The molecular formula is C15H24N2O2S. The van der Waals surface area contributed by atoms with Gasteiger partial charge in [-0.1, -0.05) is 32.9 Å². The molecule has 3 N–H and O–H groups in total. The Kier molecular flexibility index (Phi) is 6.88. The van der Waals surface area contributed by atoms with E-state index in [2.05, 4.69) is 5.32 Å². The number of nitrogens with two attached hydrogens (primary N) is 1. The minimum absolute atomic E-state index is 0.102. The van der Waals surface area contributed by atoms with Crippen LogP contribution >= 0.6 is 0 Å². The number of carbonyl (C=O) groups is 1. The molecule has 0 aliphatic carbocycles. The highest BCUT2D eigenvalue weighted by Gasteiger charge is 2.16. The third-order valence-electron chi connectivity index (χ3n) is 3.36. The highest BCUT2D eigenvalue weighted by atomic mass is 32.2. The zero-order valence-electron chi connectivity index (χ0n) is 12.4. The Morgan fingerprint density at radius 3 is 2.35 bits per heavy atom. The molecule has 1 aromatic carbocycles. The van der Waals surface area contributed by atoms with E-state index in [1.807, 2.05) is 45.0 Å². The lowest BCUT2D eigenvalue weighted by molar-refractivity contribution is -0.115. The van der Waals surface area contributed by atoms with E-state index in [0.29, 0.717) is 18.2 Å². The fraction of sp³-hybridized carbons (Fsp3) is 0.533. The maximum Gasteiger partial charge on any atom is 0.225 e. The van der Waals surface area contributed by atoms with Crippen molar-refractivity contribution in [3.05, 3.63) is 29.8 Å². The molecule has 0 fully saturated rings. The Labute approximate surface area is 123 Å². The number of hydrogen-bond donors (Lipinski definition) is 2. The van der Waals surface area contributed by atoms with Crippen LogP contribution in [0, 0.1) is 5.92 Å². The normalized spacial score (nSPS) is 14.1. The van der Waals surface area contributed by atoms with Crippen molar-refractivity contribution < 1.29 is 9.00 Å². The average molecular weight is 296 g/mol. The molecule has 0 radical (unpaired) electrons. The molecule has 0 saturated heterocycles. The fourth-order valence-corrected chi connectivity index (χ4v) is 3.00. The summed E-state index contributed by atoms with van der Waals surface area (Å²) in [6.07, 6.45) is 0.280. The van der Waals surface area contributed by atoms with Crippen molar-refractivity contribution in [3.8, 4) is 0 Å². The summed E-state index contributed by atoms with van der Waals surface area (Å²) in [7, 11) is -0.956. The predicted molar refractivity (Wildman–Crippen MR) is 84.9 cm³/mol. The van der Waals surface area contributed by atoms with Crippen LogP contribution in [0.4, 0.5) is 5.69 Å². The number of benzene rings is 1. The molecular weight excluding hydrogens is 272 g/mol. The van der Waals surface area contributed by atoms with Gasteiger partial charge in [-0.15, -0.1) is 0 Å². The maximum atomic E-state index is 11.9. The van der Waals surface area contributed by atoms with E-state index in [0.717, 1.165) is 11.3 Å². The predicted octanol–water partition coefficient (Wildman–Crippen LogP) is 2.27. The Bertz CT molecular complexity index is 457. The maximum absolute atomic E-state index is 11.9. The van der Waals surface area contributed by atoms with E-state index in [9.17, 15) is 9.00 Å². The minimum atomic E-state index is -0.956. The summed E-state index contributed by atoms with van der Waals surface area (Å²) >= 11 is 0. The van der Waals surface area contributed by atoms with Gasteiger partial charge in [0.15, 0.2) is 0 Å². The van der Waals surface area contributed by atoms with Gasteiger partial charge < -0.3 is 11.1 Å². The van der Waals surface area contributed by atoms with Gasteiger partial charge in [-0.3, -0.25) is 9.00 Å². The second-order valence-electron chi connectivity index (χ2n) is 5.23. The van der Waals surface area contributed by atoms with Crippen molar-refractivity contribution in [2.75, 3.05) is 11.1 Å². The molecule has 0 heterocycles. The summed E-state index contributed by atoms with van der Waals surface area (Å²) in [4.78, 5) is 11.8. The first-order valence-electron chi connectivity index (χ1n) is 6.90. The summed E-state index contributed by atoms with van der Waals surface area (Å²) in [6, 6.07) is 7.42. The van der Waals surface area contributed by atoms with Gasteiger partial charge in [0, 0.05) is 40.5 Å². The standard InChI is InChI=1S/C15H24N2O2S/c1-11(2)12(3)20(19)9-8-15(18)17-14-6-4-13(10-16)5-7-14/h4-7,11-12H,8-10,16H2,1-3H3,(H,17,18). The van der Waals surface area contributed by atoms with Crippen LogP contribution in [-0.4, -0.2) is 21.1 Å². The number of anilines is 1. The van der Waals surface area contributed by atoms with Crippen molar-refractivity contribution in [1.29, 1.82) is 0 Å². The lowest BCUT2D eigenvalue weighted by Gasteiger charge is -2.14. The molecule has 20 heavy (non-hydrogen) atoms. The van der Waals surface area contributed by atoms with Crippen LogP contribution < -0.4 is 11.1 Å². The summed E-state index contributed by atoms with van der Waals surface area (Å²) in [5.41, 5.74) is 7.28. The highest BCUT2D eigenvalue weighted by molar-refractivity contribution is 7.85. The van der Waals surface area contributed by atoms with E-state index < -0.39 is 10.8 Å².